The fraction of sp³-hybridized carbons (Fsp3) is 0.600. The van der Waals surface area contributed by atoms with Crippen LogP contribution in [0.15, 0.2) is 0 Å². The smallest absolute Gasteiger partial charge is 0.318 e. The molecule has 0 amide bonds. The second kappa shape index (κ2) is 3.57. The Morgan fingerprint density at radius 1 is 1.56 bits per heavy atom. The van der Waals surface area contributed by atoms with Gasteiger partial charge in [-0.25, -0.2) is 0 Å². The fourth-order valence-electron chi connectivity index (χ4n) is 0.501. The minimum atomic E-state index is -1.01. The Labute approximate surface area is 55.2 Å². The number of hydrogen-bond donors (Lipinski definition) is 1. The number of ketones is 1. The van der Waals surface area contributed by atoms with Gasteiger partial charge in [-0.1, -0.05) is 0 Å². The predicted molar refractivity (Wildman–Crippen MR) is 36.3 cm³/mol. The molecule has 0 aliphatic heterocycles. The molecule has 0 aromatic carbocycles. The maximum absolute atomic E-state index is 10.4. The standard InChI is InChI=1S/C5H9O3P/c1-3(6)4(9-2)5(7)8/h4,9H,1-2H3,(H,7,8). The summed E-state index contributed by atoms with van der Waals surface area (Å²) in [5.74, 6) is -1.27. The van der Waals surface area contributed by atoms with Crippen molar-refractivity contribution in [3.8, 4) is 0 Å². The number of Topliss-reactive ketones (excluding diaryl/α,β-unsaturated/α-hetero) is 1. The Morgan fingerprint density at radius 2 is 2.00 bits per heavy atom. The van der Waals surface area contributed by atoms with Gasteiger partial charge in [0.15, 0.2) is 0 Å². The van der Waals surface area contributed by atoms with E-state index >= 15 is 0 Å². The van der Waals surface area contributed by atoms with Gasteiger partial charge in [-0.05, 0) is 13.6 Å². The van der Waals surface area contributed by atoms with Crippen LogP contribution in [-0.4, -0.2) is 29.2 Å². The molecule has 4 heteroatoms. The molecule has 3 nitrogen and oxygen atoms in total. The summed E-state index contributed by atoms with van der Waals surface area (Å²) >= 11 is 0. The van der Waals surface area contributed by atoms with Gasteiger partial charge in [0.25, 0.3) is 0 Å². The van der Waals surface area contributed by atoms with Crippen molar-refractivity contribution in [2.45, 2.75) is 12.6 Å². The van der Waals surface area contributed by atoms with Gasteiger partial charge < -0.3 is 5.11 Å². The first kappa shape index (κ1) is 8.57. The van der Waals surface area contributed by atoms with Crippen LogP contribution in [0.4, 0.5) is 0 Å². The molecule has 0 bridgehead atoms. The van der Waals surface area contributed by atoms with Crippen LogP contribution < -0.4 is 0 Å². The number of carbonyl (C=O) groups is 2. The molecule has 0 radical (unpaired) electrons. The van der Waals surface area contributed by atoms with E-state index in [4.69, 9.17) is 5.11 Å². The van der Waals surface area contributed by atoms with E-state index in [1.165, 1.54) is 6.92 Å². The number of carboxylic acids is 1. The highest BCUT2D eigenvalue weighted by Gasteiger charge is 2.19. The number of rotatable bonds is 3. The summed E-state index contributed by atoms with van der Waals surface area (Å²) in [6.45, 7) is 3.01. The van der Waals surface area contributed by atoms with Crippen molar-refractivity contribution in [1.29, 1.82) is 0 Å². The van der Waals surface area contributed by atoms with Crippen LogP contribution in [0.2, 0.25) is 0 Å². The highest BCUT2D eigenvalue weighted by atomic mass is 31.1. The maximum atomic E-state index is 10.4. The summed E-state index contributed by atoms with van der Waals surface area (Å²) in [6, 6.07) is 0. The molecule has 0 aromatic heterocycles. The van der Waals surface area contributed by atoms with E-state index in [2.05, 4.69) is 0 Å². The lowest BCUT2D eigenvalue weighted by Crippen LogP contribution is -2.22. The SMILES string of the molecule is CPC(C(C)=O)C(=O)O. The second-order valence-corrected chi connectivity index (χ2v) is 2.83. The summed E-state index contributed by atoms with van der Waals surface area (Å²) in [7, 11) is 0.160. The van der Waals surface area contributed by atoms with Gasteiger partial charge in [-0.2, -0.15) is 0 Å². The van der Waals surface area contributed by atoms with E-state index in [0.29, 0.717) is 0 Å². The van der Waals surface area contributed by atoms with Crippen molar-refractivity contribution in [2.75, 3.05) is 6.66 Å². The Bertz CT molecular complexity index is 118. The Balaban J connectivity index is 3.99. The zero-order chi connectivity index (χ0) is 7.44. The van der Waals surface area contributed by atoms with Gasteiger partial charge in [0.2, 0.25) is 0 Å². The molecule has 0 spiro atoms. The van der Waals surface area contributed by atoms with Crippen LogP contribution in [0.5, 0.6) is 0 Å². The Hall–Kier alpha value is -0.430. The molecule has 9 heavy (non-hydrogen) atoms. The molecule has 0 aliphatic carbocycles. The lowest BCUT2D eigenvalue weighted by atomic mass is 10.3. The molecule has 0 saturated heterocycles. The second-order valence-electron chi connectivity index (χ2n) is 1.67. The number of hydrogen-bond acceptors (Lipinski definition) is 2. The number of carbonyl (C=O) groups excluding carboxylic acids is 1. The zero-order valence-corrected chi connectivity index (χ0v) is 6.34. The van der Waals surface area contributed by atoms with Crippen LogP contribution in [0, 0.1) is 0 Å². The third kappa shape index (κ3) is 2.56. The molecule has 0 heterocycles. The first-order chi connectivity index (χ1) is 4.09. The quantitative estimate of drug-likeness (QED) is 0.463. The van der Waals surface area contributed by atoms with Crippen LogP contribution in [0.25, 0.3) is 0 Å². The fourth-order valence-corrected chi connectivity index (χ4v) is 1.15. The highest BCUT2D eigenvalue weighted by Crippen LogP contribution is 2.14. The molecule has 1 N–H and O–H groups in total. The van der Waals surface area contributed by atoms with Crippen molar-refractivity contribution >= 4 is 20.3 Å². The van der Waals surface area contributed by atoms with Crippen LogP contribution in [0.1, 0.15) is 6.92 Å². The monoisotopic (exact) mass is 148 g/mol. The first-order valence-electron chi connectivity index (χ1n) is 2.50. The predicted octanol–water partition coefficient (Wildman–Crippen LogP) is 0.337. The summed E-state index contributed by atoms with van der Waals surface area (Å²) in [5.41, 5.74) is -0.773. The van der Waals surface area contributed by atoms with Crippen LogP contribution in [0.3, 0.4) is 0 Å². The van der Waals surface area contributed by atoms with E-state index in [1.54, 1.807) is 6.66 Å². The average molecular weight is 148 g/mol. The largest absolute Gasteiger partial charge is 0.480 e. The Kier molecular flexibility index (Phi) is 3.40. The minimum absolute atomic E-state index is 0.160. The van der Waals surface area contributed by atoms with Gasteiger partial charge in [0, 0.05) is 0 Å². The maximum Gasteiger partial charge on any atom is 0.318 e. The van der Waals surface area contributed by atoms with Crippen molar-refractivity contribution in [2.24, 2.45) is 0 Å². The molecule has 0 rings (SSSR count). The summed E-state index contributed by atoms with van der Waals surface area (Å²) in [5, 5.41) is 8.33. The van der Waals surface area contributed by atoms with E-state index in [1.807, 2.05) is 0 Å². The third-order valence-electron chi connectivity index (χ3n) is 0.942. The first-order valence-corrected chi connectivity index (χ1v) is 4.08. The van der Waals surface area contributed by atoms with Crippen LogP contribution >= 0.6 is 8.58 Å². The molecule has 52 valence electrons. The zero-order valence-electron chi connectivity index (χ0n) is 5.34. The van der Waals surface area contributed by atoms with E-state index < -0.39 is 11.6 Å². The lowest BCUT2D eigenvalue weighted by molar-refractivity contribution is -0.139. The number of carboxylic acid groups (broad SMARTS) is 1. The average Bonchev–Trinajstić information content (AvgIpc) is 1.64. The molecule has 0 aliphatic rings. The number of aliphatic carboxylic acids is 1. The molecule has 2 unspecified atom stereocenters. The summed E-state index contributed by atoms with van der Waals surface area (Å²) < 4.78 is 0. The van der Waals surface area contributed by atoms with Gasteiger partial charge in [0.05, 0.1) is 0 Å². The molecule has 0 fully saturated rings. The molecule has 0 aromatic rings. The molecule has 0 saturated carbocycles. The highest BCUT2D eigenvalue weighted by molar-refractivity contribution is 7.40. The van der Waals surface area contributed by atoms with Crippen LogP contribution in [-0.2, 0) is 9.59 Å². The van der Waals surface area contributed by atoms with Gasteiger partial charge in [-0.3, -0.25) is 9.59 Å². The van der Waals surface area contributed by atoms with E-state index in [-0.39, 0.29) is 14.4 Å². The van der Waals surface area contributed by atoms with E-state index in [0.717, 1.165) is 0 Å². The molecular weight excluding hydrogens is 139 g/mol. The summed E-state index contributed by atoms with van der Waals surface area (Å²) in [4.78, 5) is 20.6. The molecular formula is C5H9O3P. The normalized spacial score (nSPS) is 14.0. The van der Waals surface area contributed by atoms with Gasteiger partial charge in [-0.15, -0.1) is 8.58 Å². The minimum Gasteiger partial charge on any atom is -0.480 e. The Morgan fingerprint density at radius 3 is 2.00 bits per heavy atom. The topological polar surface area (TPSA) is 54.4 Å². The van der Waals surface area contributed by atoms with Gasteiger partial charge >= 0.3 is 5.97 Å². The van der Waals surface area contributed by atoms with Crippen molar-refractivity contribution in [3.05, 3.63) is 0 Å². The third-order valence-corrected chi connectivity index (χ3v) is 2.17. The van der Waals surface area contributed by atoms with Crippen molar-refractivity contribution < 1.29 is 14.7 Å². The molecule has 2 atom stereocenters. The van der Waals surface area contributed by atoms with Gasteiger partial charge in [0.1, 0.15) is 11.4 Å². The van der Waals surface area contributed by atoms with E-state index in [9.17, 15) is 9.59 Å². The van der Waals surface area contributed by atoms with Crippen molar-refractivity contribution in [1.82, 2.24) is 0 Å². The van der Waals surface area contributed by atoms with Crippen molar-refractivity contribution in [3.63, 3.8) is 0 Å². The lowest BCUT2D eigenvalue weighted by Gasteiger charge is -2.02. The summed E-state index contributed by atoms with van der Waals surface area (Å²) in [6.07, 6.45) is 0.